The third-order valence-electron chi connectivity index (χ3n) is 3.28. The molecule has 0 aliphatic heterocycles. The molecule has 22 heavy (non-hydrogen) atoms. The van der Waals surface area contributed by atoms with Gasteiger partial charge in [0.2, 0.25) is 0 Å². The van der Waals surface area contributed by atoms with Gasteiger partial charge < -0.3 is 16.0 Å². The number of primary amides is 1. The van der Waals surface area contributed by atoms with E-state index in [1.165, 1.54) is 0 Å². The summed E-state index contributed by atoms with van der Waals surface area (Å²) in [7, 11) is 3.43. The van der Waals surface area contributed by atoms with E-state index < -0.39 is 5.91 Å². The summed E-state index contributed by atoms with van der Waals surface area (Å²) in [5, 5.41) is 2.58. The van der Waals surface area contributed by atoms with Crippen LogP contribution in [-0.2, 0) is 6.54 Å². The van der Waals surface area contributed by atoms with Gasteiger partial charge in [-0.15, -0.1) is 0 Å². The van der Waals surface area contributed by atoms with Crippen LogP contribution in [-0.4, -0.2) is 30.9 Å². The van der Waals surface area contributed by atoms with Gasteiger partial charge in [0.25, 0.3) is 11.8 Å². The second-order valence-corrected chi connectivity index (χ2v) is 4.87. The summed E-state index contributed by atoms with van der Waals surface area (Å²) in [5.41, 5.74) is 7.34. The number of benzene rings is 1. The van der Waals surface area contributed by atoms with Crippen molar-refractivity contribution in [2.24, 2.45) is 5.73 Å². The van der Waals surface area contributed by atoms with Gasteiger partial charge in [-0.2, -0.15) is 0 Å². The zero-order valence-electron chi connectivity index (χ0n) is 12.5. The number of carbonyl (C=O) groups is 2. The average molecular weight is 298 g/mol. The maximum atomic E-state index is 11.5. The molecule has 0 aliphatic rings. The highest BCUT2D eigenvalue weighted by atomic mass is 16.1. The molecule has 0 saturated carbocycles. The topological polar surface area (TPSA) is 88.3 Å². The van der Waals surface area contributed by atoms with E-state index in [2.05, 4.69) is 10.3 Å². The number of anilines is 1. The van der Waals surface area contributed by atoms with Crippen molar-refractivity contribution in [1.29, 1.82) is 0 Å². The smallest absolute Gasteiger partial charge is 0.252 e. The van der Waals surface area contributed by atoms with Crippen LogP contribution in [0.3, 0.4) is 0 Å². The third-order valence-corrected chi connectivity index (χ3v) is 3.28. The normalized spacial score (nSPS) is 10.1. The first-order valence-corrected chi connectivity index (χ1v) is 6.80. The molecule has 6 heteroatoms. The zero-order valence-corrected chi connectivity index (χ0v) is 12.5. The van der Waals surface area contributed by atoms with Crippen molar-refractivity contribution in [3.8, 4) is 0 Å². The Bertz CT molecular complexity index is 683. The number of nitrogens with zero attached hydrogens (tertiary/aromatic N) is 2. The van der Waals surface area contributed by atoms with E-state index in [-0.39, 0.29) is 5.91 Å². The monoisotopic (exact) mass is 298 g/mol. The summed E-state index contributed by atoms with van der Waals surface area (Å²) in [5.74, 6) is -0.101. The number of rotatable bonds is 5. The number of hydrogen-bond acceptors (Lipinski definition) is 4. The predicted octanol–water partition coefficient (Wildman–Crippen LogP) is 1.18. The molecule has 0 unspecified atom stereocenters. The highest BCUT2D eigenvalue weighted by Crippen LogP contribution is 2.17. The Morgan fingerprint density at radius 1 is 1.23 bits per heavy atom. The van der Waals surface area contributed by atoms with Gasteiger partial charge >= 0.3 is 0 Å². The number of hydrogen-bond donors (Lipinski definition) is 2. The van der Waals surface area contributed by atoms with Gasteiger partial charge in [-0.05, 0) is 29.8 Å². The molecular formula is C16H18N4O2. The average Bonchev–Trinajstić information content (AvgIpc) is 2.54. The Hall–Kier alpha value is -2.89. The number of amides is 2. The molecule has 0 atom stereocenters. The summed E-state index contributed by atoms with van der Waals surface area (Å²) >= 11 is 0. The molecule has 0 spiro atoms. The van der Waals surface area contributed by atoms with Gasteiger partial charge in [0.1, 0.15) is 5.82 Å². The number of nitrogens with one attached hydrogen (secondary N) is 1. The quantitative estimate of drug-likeness (QED) is 0.867. The van der Waals surface area contributed by atoms with Crippen LogP contribution in [0, 0.1) is 0 Å². The lowest BCUT2D eigenvalue weighted by Gasteiger charge is -2.20. The third kappa shape index (κ3) is 3.41. The van der Waals surface area contributed by atoms with Gasteiger partial charge in [-0.25, -0.2) is 4.98 Å². The van der Waals surface area contributed by atoms with E-state index in [4.69, 9.17) is 5.73 Å². The van der Waals surface area contributed by atoms with Crippen molar-refractivity contribution in [3.63, 3.8) is 0 Å². The highest BCUT2D eigenvalue weighted by Gasteiger charge is 2.13. The summed E-state index contributed by atoms with van der Waals surface area (Å²) in [6.45, 7) is 0.547. The minimum absolute atomic E-state index is 0.124. The minimum atomic E-state index is -0.509. The van der Waals surface area contributed by atoms with Gasteiger partial charge in [0.05, 0.1) is 5.56 Å². The predicted molar refractivity (Wildman–Crippen MR) is 84.7 cm³/mol. The van der Waals surface area contributed by atoms with E-state index in [1.807, 2.05) is 24.1 Å². The second kappa shape index (κ2) is 6.71. The molecule has 2 rings (SSSR count). The minimum Gasteiger partial charge on any atom is -0.365 e. The van der Waals surface area contributed by atoms with Gasteiger partial charge in [0, 0.05) is 32.4 Å². The molecule has 114 valence electrons. The Labute approximate surface area is 129 Å². The number of nitrogens with two attached hydrogens (primary N) is 1. The standard InChI is InChI=1S/C16H18N4O2/c1-18-16(22)12-7-5-11(6-8-12)10-20(2)15-13(14(17)21)4-3-9-19-15/h3-9H,10H2,1-2H3,(H2,17,21)(H,18,22). The van der Waals surface area contributed by atoms with Crippen LogP contribution in [0.25, 0.3) is 0 Å². The van der Waals surface area contributed by atoms with Crippen LogP contribution >= 0.6 is 0 Å². The lowest BCUT2D eigenvalue weighted by Crippen LogP contribution is -2.23. The molecule has 6 nitrogen and oxygen atoms in total. The van der Waals surface area contributed by atoms with Crippen molar-refractivity contribution < 1.29 is 9.59 Å². The fourth-order valence-electron chi connectivity index (χ4n) is 2.15. The molecule has 0 fully saturated rings. The highest BCUT2D eigenvalue weighted by molar-refractivity contribution is 5.97. The molecule has 3 N–H and O–H groups in total. The zero-order chi connectivity index (χ0) is 16.1. The van der Waals surface area contributed by atoms with E-state index >= 15 is 0 Å². The molecule has 1 aromatic carbocycles. The number of carbonyl (C=O) groups excluding carboxylic acids is 2. The van der Waals surface area contributed by atoms with E-state index in [1.54, 1.807) is 37.5 Å². The van der Waals surface area contributed by atoms with E-state index in [0.29, 0.717) is 23.5 Å². The van der Waals surface area contributed by atoms with Gasteiger partial charge in [-0.1, -0.05) is 12.1 Å². The maximum Gasteiger partial charge on any atom is 0.252 e. The van der Waals surface area contributed by atoms with Crippen molar-refractivity contribution in [1.82, 2.24) is 10.3 Å². The summed E-state index contributed by atoms with van der Waals surface area (Å²) in [4.78, 5) is 29.0. The number of aromatic nitrogens is 1. The van der Waals surface area contributed by atoms with E-state index in [0.717, 1.165) is 5.56 Å². The van der Waals surface area contributed by atoms with Crippen LogP contribution < -0.4 is 16.0 Å². The molecule has 0 saturated heterocycles. The van der Waals surface area contributed by atoms with Gasteiger partial charge in [-0.3, -0.25) is 9.59 Å². The SMILES string of the molecule is CNC(=O)c1ccc(CN(C)c2ncccc2C(N)=O)cc1. The van der Waals surface area contributed by atoms with Crippen molar-refractivity contribution in [2.45, 2.75) is 6.54 Å². The second-order valence-electron chi connectivity index (χ2n) is 4.87. The molecule has 1 aromatic heterocycles. The Kier molecular flexibility index (Phi) is 4.73. The molecule has 1 heterocycles. The lowest BCUT2D eigenvalue weighted by molar-refractivity contribution is 0.0961. The van der Waals surface area contributed by atoms with Crippen LogP contribution in [0.1, 0.15) is 26.3 Å². The van der Waals surface area contributed by atoms with Crippen LogP contribution in [0.4, 0.5) is 5.82 Å². The molecular weight excluding hydrogens is 280 g/mol. The van der Waals surface area contributed by atoms with Crippen LogP contribution in [0.5, 0.6) is 0 Å². The lowest BCUT2D eigenvalue weighted by atomic mass is 10.1. The van der Waals surface area contributed by atoms with Crippen molar-refractivity contribution in [3.05, 3.63) is 59.3 Å². The Morgan fingerprint density at radius 3 is 2.50 bits per heavy atom. The first-order valence-electron chi connectivity index (χ1n) is 6.80. The first kappa shape index (κ1) is 15.5. The molecule has 0 radical (unpaired) electrons. The van der Waals surface area contributed by atoms with Gasteiger partial charge in [0.15, 0.2) is 0 Å². The maximum absolute atomic E-state index is 11.5. The molecule has 2 amide bonds. The Morgan fingerprint density at radius 2 is 1.91 bits per heavy atom. The van der Waals surface area contributed by atoms with Crippen molar-refractivity contribution in [2.75, 3.05) is 19.0 Å². The van der Waals surface area contributed by atoms with Crippen LogP contribution in [0.15, 0.2) is 42.6 Å². The summed E-state index contributed by atoms with van der Waals surface area (Å²) in [6.07, 6.45) is 1.62. The summed E-state index contributed by atoms with van der Waals surface area (Å²) < 4.78 is 0. The Balaban J connectivity index is 2.17. The largest absolute Gasteiger partial charge is 0.365 e. The van der Waals surface area contributed by atoms with Crippen molar-refractivity contribution >= 4 is 17.6 Å². The number of pyridine rings is 1. The molecule has 2 aromatic rings. The first-order chi connectivity index (χ1) is 10.5. The molecule has 0 bridgehead atoms. The van der Waals surface area contributed by atoms with Crippen LogP contribution in [0.2, 0.25) is 0 Å². The fraction of sp³-hybridized carbons (Fsp3) is 0.188. The molecule has 0 aliphatic carbocycles. The summed E-state index contributed by atoms with van der Waals surface area (Å²) in [6, 6.07) is 10.6. The van der Waals surface area contributed by atoms with E-state index in [9.17, 15) is 9.59 Å². The fourth-order valence-corrected chi connectivity index (χ4v) is 2.15.